The van der Waals surface area contributed by atoms with Gasteiger partial charge in [-0.15, -0.1) is 0 Å². The van der Waals surface area contributed by atoms with Crippen LogP contribution < -0.4 is 11.1 Å². The summed E-state index contributed by atoms with van der Waals surface area (Å²) in [4.78, 5) is 11.6. The van der Waals surface area contributed by atoms with Crippen LogP contribution in [0.3, 0.4) is 0 Å². The van der Waals surface area contributed by atoms with Crippen LogP contribution in [0.2, 0.25) is 5.02 Å². The number of hydrogen-bond donors (Lipinski definition) is 2. The van der Waals surface area contributed by atoms with Gasteiger partial charge >= 0.3 is 0 Å². The molecular weight excluding hydrogens is 252 g/mol. The molecule has 0 saturated heterocycles. The molecule has 1 rings (SSSR count). The number of nitrogens with two attached hydrogens (primary N) is 1. The van der Waals surface area contributed by atoms with Gasteiger partial charge in [0.25, 0.3) is 0 Å². The van der Waals surface area contributed by atoms with E-state index in [1.165, 1.54) is 0 Å². The molecule has 0 heterocycles. The minimum atomic E-state index is -0.0896. The molecule has 0 unspecified atom stereocenters. The van der Waals surface area contributed by atoms with Gasteiger partial charge < -0.3 is 15.8 Å². The summed E-state index contributed by atoms with van der Waals surface area (Å²) in [5.74, 6) is -0.0896. The maximum absolute atomic E-state index is 11.6. The average Bonchev–Trinajstić information content (AvgIpc) is 2.34. The van der Waals surface area contributed by atoms with Gasteiger partial charge in [0.1, 0.15) is 0 Å². The van der Waals surface area contributed by atoms with Crippen LogP contribution in [0.1, 0.15) is 26.2 Å². The number of carbonyl (C=O) groups excluding carboxylic acids is 1. The molecule has 1 amide bonds. The van der Waals surface area contributed by atoms with E-state index in [2.05, 4.69) is 12.2 Å². The van der Waals surface area contributed by atoms with Crippen molar-refractivity contribution in [1.29, 1.82) is 0 Å². The molecule has 100 valence electrons. The Morgan fingerprint density at radius 1 is 1.44 bits per heavy atom. The Labute approximate surface area is 112 Å². The van der Waals surface area contributed by atoms with Gasteiger partial charge in [0.2, 0.25) is 5.91 Å². The summed E-state index contributed by atoms with van der Waals surface area (Å²) in [6.45, 7) is 3.24. The third kappa shape index (κ3) is 5.38. The molecule has 0 saturated carbocycles. The van der Waals surface area contributed by atoms with Gasteiger partial charge in [0.05, 0.1) is 23.7 Å². The monoisotopic (exact) mass is 270 g/mol. The predicted molar refractivity (Wildman–Crippen MR) is 74.8 cm³/mol. The minimum absolute atomic E-state index is 0.0896. The number of amides is 1. The van der Waals surface area contributed by atoms with Crippen LogP contribution in [0.25, 0.3) is 0 Å². The molecule has 0 fully saturated rings. The molecule has 0 radical (unpaired) electrons. The van der Waals surface area contributed by atoms with Crippen molar-refractivity contribution in [2.75, 3.05) is 24.3 Å². The molecule has 0 aliphatic heterocycles. The Balaban J connectivity index is 2.29. The largest absolute Gasteiger partial charge is 0.397 e. The molecule has 18 heavy (non-hydrogen) atoms. The number of halogens is 1. The molecule has 0 aliphatic carbocycles. The number of nitrogen functional groups attached to an aromatic ring is 1. The molecule has 0 atom stereocenters. The van der Waals surface area contributed by atoms with Crippen LogP contribution >= 0.6 is 11.6 Å². The number of unbranched alkanes of at least 4 members (excludes halogenated alkanes) is 1. The third-order valence-corrected chi connectivity index (χ3v) is 2.74. The van der Waals surface area contributed by atoms with Crippen molar-refractivity contribution in [2.45, 2.75) is 26.2 Å². The Bertz CT molecular complexity index is 397. The average molecular weight is 271 g/mol. The first-order chi connectivity index (χ1) is 8.63. The van der Waals surface area contributed by atoms with Crippen molar-refractivity contribution in [3.05, 3.63) is 23.2 Å². The lowest BCUT2D eigenvalue weighted by Gasteiger charge is -2.07. The summed E-state index contributed by atoms with van der Waals surface area (Å²) in [6, 6.07) is 5.01. The number of carbonyl (C=O) groups is 1. The van der Waals surface area contributed by atoms with Crippen LogP contribution in [0, 0.1) is 0 Å². The van der Waals surface area contributed by atoms with E-state index in [1.54, 1.807) is 18.2 Å². The smallest absolute Gasteiger partial charge is 0.226 e. The number of rotatable bonds is 7. The normalized spacial score (nSPS) is 10.3. The zero-order valence-corrected chi connectivity index (χ0v) is 11.3. The second kappa shape index (κ2) is 7.95. The highest BCUT2D eigenvalue weighted by Gasteiger charge is 2.04. The maximum Gasteiger partial charge on any atom is 0.226 e. The highest BCUT2D eigenvalue weighted by molar-refractivity contribution is 6.33. The standard InChI is InChI=1S/C13H19ClN2O2/c1-2-3-7-18-8-6-13(17)16-10-4-5-11(14)12(15)9-10/h4-5,9H,2-3,6-8,15H2,1H3,(H,16,17). The Hall–Kier alpha value is -1.26. The lowest BCUT2D eigenvalue weighted by molar-refractivity contribution is -0.117. The SMILES string of the molecule is CCCCOCCC(=O)Nc1ccc(Cl)c(N)c1. The van der Waals surface area contributed by atoms with Gasteiger partial charge in [-0.3, -0.25) is 4.79 Å². The van der Waals surface area contributed by atoms with Crippen LogP contribution in [0.4, 0.5) is 11.4 Å². The lowest BCUT2D eigenvalue weighted by Crippen LogP contribution is -2.14. The molecule has 1 aromatic carbocycles. The van der Waals surface area contributed by atoms with Gasteiger partial charge in [-0.2, -0.15) is 0 Å². The quantitative estimate of drug-likeness (QED) is 0.591. The van der Waals surface area contributed by atoms with Gasteiger partial charge in [0, 0.05) is 12.3 Å². The number of anilines is 2. The Morgan fingerprint density at radius 2 is 2.22 bits per heavy atom. The van der Waals surface area contributed by atoms with Crippen molar-refractivity contribution in [1.82, 2.24) is 0 Å². The molecule has 5 heteroatoms. The van der Waals surface area contributed by atoms with Gasteiger partial charge in [0.15, 0.2) is 0 Å². The van der Waals surface area contributed by atoms with E-state index in [-0.39, 0.29) is 5.91 Å². The summed E-state index contributed by atoms with van der Waals surface area (Å²) >= 11 is 5.79. The zero-order chi connectivity index (χ0) is 13.4. The van der Waals surface area contributed by atoms with Crippen LogP contribution in [0.5, 0.6) is 0 Å². The van der Waals surface area contributed by atoms with E-state index in [0.29, 0.717) is 36.0 Å². The van der Waals surface area contributed by atoms with Crippen LogP contribution in [-0.2, 0) is 9.53 Å². The Morgan fingerprint density at radius 3 is 2.89 bits per heavy atom. The first kappa shape index (κ1) is 14.8. The van der Waals surface area contributed by atoms with Gasteiger partial charge in [-0.25, -0.2) is 0 Å². The molecule has 0 aromatic heterocycles. The topological polar surface area (TPSA) is 64.3 Å². The van der Waals surface area contributed by atoms with Crippen molar-refractivity contribution in [3.8, 4) is 0 Å². The fourth-order valence-electron chi connectivity index (χ4n) is 1.36. The lowest BCUT2D eigenvalue weighted by atomic mass is 10.2. The fourth-order valence-corrected chi connectivity index (χ4v) is 1.48. The van der Waals surface area contributed by atoms with Crippen molar-refractivity contribution < 1.29 is 9.53 Å². The minimum Gasteiger partial charge on any atom is -0.397 e. The molecule has 0 aliphatic rings. The summed E-state index contributed by atoms with van der Waals surface area (Å²) in [7, 11) is 0. The summed E-state index contributed by atoms with van der Waals surface area (Å²) in [6.07, 6.45) is 2.46. The van der Waals surface area contributed by atoms with E-state index < -0.39 is 0 Å². The van der Waals surface area contributed by atoms with Crippen molar-refractivity contribution in [3.63, 3.8) is 0 Å². The predicted octanol–water partition coefficient (Wildman–Crippen LogP) is 3.07. The molecular formula is C13H19ClN2O2. The molecule has 3 N–H and O–H groups in total. The molecule has 4 nitrogen and oxygen atoms in total. The zero-order valence-electron chi connectivity index (χ0n) is 10.5. The fraction of sp³-hybridized carbons (Fsp3) is 0.462. The summed E-state index contributed by atoms with van der Waals surface area (Å²) in [5.41, 5.74) is 6.74. The van der Waals surface area contributed by atoms with Crippen molar-refractivity contribution >= 4 is 28.9 Å². The maximum atomic E-state index is 11.6. The second-order valence-corrected chi connectivity index (χ2v) is 4.41. The van der Waals surface area contributed by atoms with Gasteiger partial charge in [-0.05, 0) is 24.6 Å². The van der Waals surface area contributed by atoms with Crippen LogP contribution in [-0.4, -0.2) is 19.1 Å². The second-order valence-electron chi connectivity index (χ2n) is 4.00. The first-order valence-electron chi connectivity index (χ1n) is 6.06. The molecule has 0 spiro atoms. The summed E-state index contributed by atoms with van der Waals surface area (Å²) < 4.78 is 5.32. The first-order valence-corrected chi connectivity index (χ1v) is 6.44. The third-order valence-electron chi connectivity index (χ3n) is 2.40. The number of nitrogens with one attached hydrogen (secondary N) is 1. The van der Waals surface area contributed by atoms with E-state index in [9.17, 15) is 4.79 Å². The van der Waals surface area contributed by atoms with E-state index in [4.69, 9.17) is 22.1 Å². The Kier molecular flexibility index (Phi) is 6.54. The van der Waals surface area contributed by atoms with Crippen molar-refractivity contribution in [2.24, 2.45) is 0 Å². The van der Waals surface area contributed by atoms with E-state index in [0.717, 1.165) is 12.8 Å². The molecule has 0 bridgehead atoms. The molecule has 1 aromatic rings. The number of benzene rings is 1. The summed E-state index contributed by atoms with van der Waals surface area (Å²) in [5, 5.41) is 3.23. The van der Waals surface area contributed by atoms with Crippen LogP contribution in [0.15, 0.2) is 18.2 Å². The highest BCUT2D eigenvalue weighted by Crippen LogP contribution is 2.22. The number of ether oxygens (including phenoxy) is 1. The van der Waals surface area contributed by atoms with E-state index in [1.807, 2.05) is 0 Å². The van der Waals surface area contributed by atoms with Gasteiger partial charge in [-0.1, -0.05) is 24.9 Å². The number of hydrogen-bond acceptors (Lipinski definition) is 3. The highest BCUT2D eigenvalue weighted by atomic mass is 35.5. The van der Waals surface area contributed by atoms with E-state index >= 15 is 0 Å².